The highest BCUT2D eigenvalue weighted by molar-refractivity contribution is 6.28. The van der Waals surface area contributed by atoms with Gasteiger partial charge in [0.25, 0.3) is 0 Å². The molecule has 0 radical (unpaired) electrons. The van der Waals surface area contributed by atoms with E-state index in [9.17, 15) is 45.3 Å². The quantitative estimate of drug-likeness (QED) is 0.0956. The number of fused-ring (bicyclic) bond motifs is 1. The molecule has 1 aromatic heterocycles. The zero-order chi connectivity index (χ0) is 27.0. The van der Waals surface area contributed by atoms with E-state index < -0.39 is 66.5 Å². The third-order valence-electron chi connectivity index (χ3n) is 5.52. The molecule has 196 valence electrons. The smallest absolute Gasteiger partial charge is 0.417 e. The van der Waals surface area contributed by atoms with Crippen LogP contribution in [0.25, 0.3) is 22.3 Å². The van der Waals surface area contributed by atoms with Crippen LogP contribution in [-0.4, -0.2) is 90.1 Å². The van der Waals surface area contributed by atoms with Gasteiger partial charge >= 0.3 is 23.3 Å². The highest BCUT2D eigenvalue weighted by Crippen LogP contribution is 2.42. The number of hydrogen-bond acceptors (Lipinski definition) is 12. The summed E-state index contributed by atoms with van der Waals surface area (Å²) in [6, 6.07) is 7.03. The monoisotopic (exact) mass is 521 g/mol. The van der Waals surface area contributed by atoms with E-state index in [1.165, 1.54) is 18.2 Å². The molecule has 0 spiro atoms. The molecule has 1 aliphatic rings. The SMILES string of the molecule is O=C(O)C(=O)OC[C@H]1O[C@@H](Oc2cc3c(O)cc(O)cc3[o+]c2-c2ccc(O)c(O)c2)[C@H](O)[C@@H](O)[C@@H]1O. The van der Waals surface area contributed by atoms with Crippen molar-refractivity contribution in [1.29, 1.82) is 0 Å². The van der Waals surface area contributed by atoms with Gasteiger partial charge in [0.1, 0.15) is 47.9 Å². The molecule has 0 saturated carbocycles. The number of aromatic hydroxyl groups is 4. The van der Waals surface area contributed by atoms with Gasteiger partial charge < -0.3 is 55.1 Å². The number of phenolic OH excluding ortho intramolecular Hbond substituents is 4. The van der Waals surface area contributed by atoms with Crippen LogP contribution in [-0.2, 0) is 19.1 Å². The summed E-state index contributed by atoms with van der Waals surface area (Å²) >= 11 is 0. The Morgan fingerprint density at radius 1 is 0.892 bits per heavy atom. The summed E-state index contributed by atoms with van der Waals surface area (Å²) in [6.07, 6.45) is -8.81. The first kappa shape index (κ1) is 25.7. The van der Waals surface area contributed by atoms with Crippen LogP contribution in [0.2, 0.25) is 0 Å². The van der Waals surface area contributed by atoms with Gasteiger partial charge in [0, 0.05) is 18.2 Å². The molecule has 1 fully saturated rings. The Hall–Kier alpha value is -4.37. The number of phenols is 4. The highest BCUT2D eigenvalue weighted by Gasteiger charge is 2.46. The Morgan fingerprint density at radius 3 is 2.30 bits per heavy atom. The molecule has 37 heavy (non-hydrogen) atoms. The van der Waals surface area contributed by atoms with Crippen LogP contribution in [0.4, 0.5) is 0 Å². The van der Waals surface area contributed by atoms with E-state index in [1.807, 2.05) is 0 Å². The molecule has 0 amide bonds. The summed E-state index contributed by atoms with van der Waals surface area (Å²) < 4.78 is 21.4. The lowest BCUT2D eigenvalue weighted by Gasteiger charge is -2.39. The van der Waals surface area contributed by atoms with Crippen molar-refractivity contribution in [2.45, 2.75) is 30.7 Å². The second-order valence-corrected chi connectivity index (χ2v) is 8.06. The predicted octanol–water partition coefficient (Wildman–Crippen LogP) is 0.0175. The number of carboxylic acids is 1. The molecule has 2 aromatic carbocycles. The molecule has 0 unspecified atom stereocenters. The van der Waals surface area contributed by atoms with Crippen molar-refractivity contribution in [3.63, 3.8) is 0 Å². The van der Waals surface area contributed by atoms with Gasteiger partial charge in [0.05, 0.1) is 11.6 Å². The molecule has 14 heteroatoms. The van der Waals surface area contributed by atoms with Crippen LogP contribution in [0.3, 0.4) is 0 Å². The number of rotatable bonds is 5. The standard InChI is InChI=1S/C23H20O14/c24-9-4-12(26)10-6-15(20(35-14(10)5-9)8-1-2-11(25)13(27)3-8)36-23-19(30)18(29)17(28)16(37-23)7-34-22(33)21(31)32/h1-6,16-19,23,28-30H,7H2,(H4-,24,25,26,27,31,32)/p+1/t16-,17-,18+,19-,23-/m1/s1. The van der Waals surface area contributed by atoms with Crippen LogP contribution < -0.4 is 4.74 Å². The Labute approximate surface area is 206 Å². The second kappa shape index (κ2) is 9.94. The fourth-order valence-corrected chi connectivity index (χ4v) is 3.63. The predicted molar refractivity (Wildman–Crippen MR) is 119 cm³/mol. The van der Waals surface area contributed by atoms with Gasteiger partial charge in [-0.05, 0) is 12.1 Å². The molecule has 1 aliphatic heterocycles. The van der Waals surface area contributed by atoms with Crippen LogP contribution in [0, 0.1) is 0 Å². The lowest BCUT2D eigenvalue weighted by Crippen LogP contribution is -2.60. The molecule has 1 saturated heterocycles. The average Bonchev–Trinajstić information content (AvgIpc) is 2.84. The van der Waals surface area contributed by atoms with Gasteiger partial charge in [0.15, 0.2) is 11.5 Å². The van der Waals surface area contributed by atoms with Crippen molar-refractivity contribution in [3.05, 3.63) is 36.4 Å². The summed E-state index contributed by atoms with van der Waals surface area (Å²) in [5.41, 5.74) is 0.110. The van der Waals surface area contributed by atoms with E-state index in [0.29, 0.717) is 0 Å². The molecular weight excluding hydrogens is 500 g/mol. The van der Waals surface area contributed by atoms with Crippen molar-refractivity contribution in [2.24, 2.45) is 0 Å². The normalized spacial score (nSPS) is 23.5. The molecule has 8 N–H and O–H groups in total. The van der Waals surface area contributed by atoms with Crippen molar-refractivity contribution in [1.82, 2.24) is 0 Å². The zero-order valence-corrected chi connectivity index (χ0v) is 18.6. The molecular formula is C23H21O14+. The highest BCUT2D eigenvalue weighted by atomic mass is 16.7. The summed E-state index contributed by atoms with van der Waals surface area (Å²) in [4.78, 5) is 21.9. The van der Waals surface area contributed by atoms with Gasteiger partial charge in [-0.25, -0.2) is 14.0 Å². The summed E-state index contributed by atoms with van der Waals surface area (Å²) in [6.45, 7) is -0.809. The number of benzene rings is 2. The zero-order valence-electron chi connectivity index (χ0n) is 18.6. The van der Waals surface area contributed by atoms with Crippen molar-refractivity contribution in [3.8, 4) is 40.1 Å². The number of carbonyl (C=O) groups excluding carboxylic acids is 1. The lowest BCUT2D eigenvalue weighted by atomic mass is 9.99. The first-order chi connectivity index (χ1) is 17.5. The summed E-state index contributed by atoms with van der Waals surface area (Å²) in [5.74, 6) is -5.62. The van der Waals surface area contributed by atoms with E-state index in [4.69, 9.17) is 19.0 Å². The van der Waals surface area contributed by atoms with Crippen LogP contribution in [0.1, 0.15) is 0 Å². The fourth-order valence-electron chi connectivity index (χ4n) is 3.63. The minimum Gasteiger partial charge on any atom is -0.507 e. The maximum atomic E-state index is 11.2. The van der Waals surface area contributed by atoms with Crippen molar-refractivity contribution in [2.75, 3.05) is 6.61 Å². The number of carboxylic acid groups (broad SMARTS) is 1. The lowest BCUT2D eigenvalue weighted by molar-refractivity contribution is -0.278. The van der Waals surface area contributed by atoms with Gasteiger partial charge in [-0.15, -0.1) is 0 Å². The van der Waals surface area contributed by atoms with Gasteiger partial charge in [-0.2, -0.15) is 0 Å². The van der Waals surface area contributed by atoms with Crippen LogP contribution >= 0.6 is 0 Å². The number of esters is 1. The van der Waals surface area contributed by atoms with Crippen LogP contribution in [0.5, 0.6) is 28.7 Å². The Morgan fingerprint density at radius 2 is 1.62 bits per heavy atom. The summed E-state index contributed by atoms with van der Waals surface area (Å²) in [7, 11) is 0. The number of hydrogen-bond donors (Lipinski definition) is 8. The van der Waals surface area contributed by atoms with E-state index in [-0.39, 0.29) is 33.8 Å². The number of aliphatic carboxylic acids is 1. The Balaban J connectivity index is 1.73. The largest absolute Gasteiger partial charge is 0.507 e. The molecule has 0 bridgehead atoms. The van der Waals surface area contributed by atoms with Gasteiger partial charge in [-0.3, -0.25) is 0 Å². The first-order valence-corrected chi connectivity index (χ1v) is 10.6. The average molecular weight is 521 g/mol. The van der Waals surface area contributed by atoms with Gasteiger partial charge in [0.2, 0.25) is 12.0 Å². The number of ether oxygens (including phenoxy) is 3. The third-order valence-corrected chi connectivity index (χ3v) is 5.52. The van der Waals surface area contributed by atoms with Gasteiger partial charge in [-0.1, -0.05) is 0 Å². The molecule has 4 rings (SSSR count). The van der Waals surface area contributed by atoms with E-state index in [2.05, 4.69) is 4.74 Å². The molecule has 5 atom stereocenters. The Kier molecular flexibility index (Phi) is 6.91. The fraction of sp³-hybridized carbons (Fsp3) is 0.261. The maximum absolute atomic E-state index is 11.2. The summed E-state index contributed by atoms with van der Waals surface area (Å²) in [5, 5.41) is 79.3. The number of carbonyl (C=O) groups is 2. The van der Waals surface area contributed by atoms with E-state index in [1.54, 1.807) is 0 Å². The van der Waals surface area contributed by atoms with E-state index >= 15 is 0 Å². The molecule has 3 aromatic rings. The number of aliphatic hydroxyl groups excluding tert-OH is 3. The second-order valence-electron chi connectivity index (χ2n) is 8.06. The number of aliphatic hydroxyl groups is 3. The minimum absolute atomic E-state index is 0.0218. The maximum Gasteiger partial charge on any atom is 0.417 e. The van der Waals surface area contributed by atoms with Crippen molar-refractivity contribution >= 4 is 22.9 Å². The third kappa shape index (κ3) is 5.12. The van der Waals surface area contributed by atoms with Crippen molar-refractivity contribution < 1.29 is 69.1 Å². The first-order valence-electron chi connectivity index (χ1n) is 10.6. The van der Waals surface area contributed by atoms with Crippen LogP contribution in [0.15, 0.2) is 40.8 Å². The Bertz CT molecular complexity index is 1360. The molecule has 2 heterocycles. The minimum atomic E-state index is -1.90. The molecule has 14 nitrogen and oxygen atoms in total. The topological polar surface area (TPSA) is 235 Å². The van der Waals surface area contributed by atoms with E-state index in [0.717, 1.165) is 18.2 Å². The molecule has 0 aliphatic carbocycles.